The second kappa shape index (κ2) is 11.5. The van der Waals surface area contributed by atoms with E-state index in [-0.39, 0.29) is 5.56 Å². The lowest BCUT2D eigenvalue weighted by molar-refractivity contribution is 0.0693. The number of carboxylic acids is 1. The standard InChI is InChI=1S/C28H22F2O4S/c29-20-11-14-24(26(30)17-20)19-9-12-21(13-10-19)33-15-4-16-34-22-5-3-6-23(18-22)35-27-8-2-1-7-25(27)28(31)32/h1-3,5-14,17-18H,4,15-16H2,(H,31,32). The van der Waals surface area contributed by atoms with Gasteiger partial charge in [0.2, 0.25) is 0 Å². The van der Waals surface area contributed by atoms with Gasteiger partial charge in [-0.15, -0.1) is 0 Å². The van der Waals surface area contributed by atoms with Crippen molar-refractivity contribution in [3.05, 3.63) is 108 Å². The molecule has 0 saturated heterocycles. The maximum absolute atomic E-state index is 13.9. The summed E-state index contributed by atoms with van der Waals surface area (Å²) in [6, 6.07) is 24.8. The quantitative estimate of drug-likeness (QED) is 0.235. The summed E-state index contributed by atoms with van der Waals surface area (Å²) in [5.74, 6) is -0.843. The van der Waals surface area contributed by atoms with E-state index in [2.05, 4.69) is 0 Å². The Hall–Kier alpha value is -3.84. The van der Waals surface area contributed by atoms with E-state index in [0.29, 0.717) is 47.2 Å². The predicted molar refractivity (Wildman–Crippen MR) is 131 cm³/mol. The molecule has 0 fully saturated rings. The Labute approximate surface area is 206 Å². The van der Waals surface area contributed by atoms with Crippen molar-refractivity contribution in [2.75, 3.05) is 13.2 Å². The molecule has 0 aliphatic rings. The first-order valence-electron chi connectivity index (χ1n) is 10.9. The Kier molecular flexibility index (Phi) is 8.00. The number of hydrogen-bond donors (Lipinski definition) is 1. The van der Waals surface area contributed by atoms with Gasteiger partial charge < -0.3 is 14.6 Å². The average Bonchev–Trinajstić information content (AvgIpc) is 2.85. The molecule has 0 aliphatic carbocycles. The van der Waals surface area contributed by atoms with Crippen LogP contribution in [0.3, 0.4) is 0 Å². The van der Waals surface area contributed by atoms with Crippen LogP contribution in [0.2, 0.25) is 0 Å². The summed E-state index contributed by atoms with van der Waals surface area (Å²) in [6.07, 6.45) is 0.646. The van der Waals surface area contributed by atoms with Crippen LogP contribution in [0.5, 0.6) is 11.5 Å². The van der Waals surface area contributed by atoms with Crippen molar-refractivity contribution in [2.24, 2.45) is 0 Å². The van der Waals surface area contributed by atoms with Crippen molar-refractivity contribution in [2.45, 2.75) is 16.2 Å². The third-order valence-electron chi connectivity index (χ3n) is 5.07. The van der Waals surface area contributed by atoms with Gasteiger partial charge in [0.15, 0.2) is 0 Å². The van der Waals surface area contributed by atoms with E-state index in [1.54, 1.807) is 42.5 Å². The molecule has 35 heavy (non-hydrogen) atoms. The second-order valence-electron chi connectivity index (χ2n) is 7.58. The van der Waals surface area contributed by atoms with Gasteiger partial charge in [0.1, 0.15) is 23.1 Å². The molecule has 4 aromatic carbocycles. The highest BCUT2D eigenvalue weighted by atomic mass is 32.2. The Bertz CT molecular complexity index is 1310. The van der Waals surface area contributed by atoms with Crippen molar-refractivity contribution >= 4 is 17.7 Å². The molecule has 0 unspecified atom stereocenters. The Morgan fingerprint density at radius 3 is 2.29 bits per heavy atom. The van der Waals surface area contributed by atoms with Crippen molar-refractivity contribution < 1.29 is 28.2 Å². The van der Waals surface area contributed by atoms with Gasteiger partial charge in [0.25, 0.3) is 0 Å². The maximum Gasteiger partial charge on any atom is 0.336 e. The second-order valence-corrected chi connectivity index (χ2v) is 8.69. The van der Waals surface area contributed by atoms with Gasteiger partial charge in [-0.2, -0.15) is 0 Å². The Balaban J connectivity index is 1.25. The van der Waals surface area contributed by atoms with Crippen molar-refractivity contribution in [3.8, 4) is 22.6 Å². The number of hydrogen-bond acceptors (Lipinski definition) is 4. The zero-order valence-corrected chi connectivity index (χ0v) is 19.4. The molecule has 0 bridgehead atoms. The van der Waals surface area contributed by atoms with Crippen LogP contribution in [0.25, 0.3) is 11.1 Å². The van der Waals surface area contributed by atoms with Crippen LogP contribution in [0.4, 0.5) is 8.78 Å². The van der Waals surface area contributed by atoms with Gasteiger partial charge in [-0.1, -0.05) is 42.1 Å². The molecule has 4 aromatic rings. The first-order chi connectivity index (χ1) is 17.0. The van der Waals surface area contributed by atoms with Gasteiger partial charge >= 0.3 is 5.97 Å². The van der Waals surface area contributed by atoms with E-state index in [9.17, 15) is 18.7 Å². The molecule has 0 heterocycles. The molecular weight excluding hydrogens is 470 g/mol. The van der Waals surface area contributed by atoms with E-state index in [0.717, 1.165) is 11.0 Å². The minimum atomic E-state index is -0.960. The van der Waals surface area contributed by atoms with Gasteiger partial charge in [-0.25, -0.2) is 13.6 Å². The topological polar surface area (TPSA) is 55.8 Å². The summed E-state index contributed by atoms with van der Waals surface area (Å²) >= 11 is 1.37. The molecular formula is C28H22F2O4S. The van der Waals surface area contributed by atoms with Gasteiger partial charge in [-0.05, 0) is 60.2 Å². The zero-order chi connectivity index (χ0) is 24.6. The van der Waals surface area contributed by atoms with E-state index in [4.69, 9.17) is 9.47 Å². The van der Waals surface area contributed by atoms with Gasteiger partial charge in [0.05, 0.1) is 18.8 Å². The molecule has 0 aromatic heterocycles. The van der Waals surface area contributed by atoms with Gasteiger partial charge in [0, 0.05) is 27.8 Å². The van der Waals surface area contributed by atoms with E-state index < -0.39 is 17.6 Å². The molecule has 0 spiro atoms. The summed E-state index contributed by atoms with van der Waals surface area (Å²) in [4.78, 5) is 13.0. The van der Waals surface area contributed by atoms with Crippen LogP contribution in [0.15, 0.2) is 101 Å². The minimum absolute atomic E-state index is 0.261. The molecule has 0 saturated carbocycles. The lowest BCUT2D eigenvalue weighted by Crippen LogP contribution is -2.05. The smallest absolute Gasteiger partial charge is 0.336 e. The fourth-order valence-corrected chi connectivity index (χ4v) is 4.37. The SMILES string of the molecule is O=C(O)c1ccccc1Sc1cccc(OCCCOc2ccc(-c3ccc(F)cc3F)cc2)c1. The molecule has 0 aliphatic heterocycles. The Morgan fingerprint density at radius 2 is 1.54 bits per heavy atom. The van der Waals surface area contributed by atoms with Crippen molar-refractivity contribution in [3.63, 3.8) is 0 Å². The molecule has 1 N–H and O–H groups in total. The maximum atomic E-state index is 13.9. The predicted octanol–water partition coefficient (Wildman–Crippen LogP) is 7.33. The summed E-state index contributed by atoms with van der Waals surface area (Å²) < 4.78 is 38.6. The van der Waals surface area contributed by atoms with E-state index in [1.165, 1.54) is 23.9 Å². The largest absolute Gasteiger partial charge is 0.493 e. The van der Waals surface area contributed by atoms with Gasteiger partial charge in [-0.3, -0.25) is 0 Å². The number of benzene rings is 4. The molecule has 7 heteroatoms. The monoisotopic (exact) mass is 492 g/mol. The summed E-state index contributed by atoms with van der Waals surface area (Å²) in [5, 5.41) is 9.36. The van der Waals surface area contributed by atoms with E-state index in [1.807, 2.05) is 30.3 Å². The van der Waals surface area contributed by atoms with Crippen LogP contribution >= 0.6 is 11.8 Å². The Morgan fingerprint density at radius 1 is 0.800 bits per heavy atom. The zero-order valence-electron chi connectivity index (χ0n) is 18.6. The first-order valence-corrected chi connectivity index (χ1v) is 11.7. The number of carboxylic acid groups (broad SMARTS) is 1. The molecule has 0 radical (unpaired) electrons. The average molecular weight is 493 g/mol. The minimum Gasteiger partial charge on any atom is -0.493 e. The highest BCUT2D eigenvalue weighted by Gasteiger charge is 2.11. The highest BCUT2D eigenvalue weighted by molar-refractivity contribution is 7.99. The number of halogens is 2. The van der Waals surface area contributed by atoms with Crippen molar-refractivity contribution in [1.82, 2.24) is 0 Å². The third kappa shape index (κ3) is 6.61. The molecule has 0 amide bonds. The van der Waals surface area contributed by atoms with Crippen LogP contribution in [0.1, 0.15) is 16.8 Å². The molecule has 0 atom stereocenters. The fraction of sp³-hybridized carbons (Fsp3) is 0.107. The summed E-state index contributed by atoms with van der Waals surface area (Å²) in [5.41, 5.74) is 1.23. The molecule has 4 nitrogen and oxygen atoms in total. The fourth-order valence-electron chi connectivity index (χ4n) is 3.38. The number of aromatic carboxylic acids is 1. The highest BCUT2D eigenvalue weighted by Crippen LogP contribution is 2.32. The number of rotatable bonds is 10. The van der Waals surface area contributed by atoms with Crippen LogP contribution < -0.4 is 9.47 Å². The summed E-state index contributed by atoms with van der Waals surface area (Å²) in [7, 11) is 0. The van der Waals surface area contributed by atoms with E-state index >= 15 is 0 Å². The number of ether oxygens (including phenoxy) is 2. The van der Waals surface area contributed by atoms with Crippen molar-refractivity contribution in [1.29, 1.82) is 0 Å². The first kappa shape index (κ1) is 24.3. The molecule has 4 rings (SSSR count). The van der Waals surface area contributed by atoms with Crippen LogP contribution in [-0.4, -0.2) is 24.3 Å². The molecule has 178 valence electrons. The normalized spacial score (nSPS) is 10.7. The summed E-state index contributed by atoms with van der Waals surface area (Å²) in [6.45, 7) is 0.878. The number of carbonyl (C=O) groups is 1. The lowest BCUT2D eigenvalue weighted by Gasteiger charge is -2.10. The van der Waals surface area contributed by atoms with Crippen LogP contribution in [-0.2, 0) is 0 Å². The van der Waals surface area contributed by atoms with Crippen LogP contribution in [0, 0.1) is 11.6 Å². The third-order valence-corrected chi connectivity index (χ3v) is 6.14. The lowest BCUT2D eigenvalue weighted by atomic mass is 10.1.